The van der Waals surface area contributed by atoms with Crippen LogP contribution in [0.5, 0.6) is 0 Å². The highest BCUT2D eigenvalue weighted by molar-refractivity contribution is 5.98. The minimum absolute atomic E-state index is 0.0976. The summed E-state index contributed by atoms with van der Waals surface area (Å²) in [5.41, 5.74) is 0.682. The number of aromatic nitrogens is 1. The second kappa shape index (κ2) is 9.99. The molecule has 0 saturated carbocycles. The number of rotatable bonds is 6. The summed E-state index contributed by atoms with van der Waals surface area (Å²) < 4.78 is 0. The molecule has 3 rings (SSSR count). The molecule has 10 nitrogen and oxygen atoms in total. The molecule has 1 aliphatic rings. The second-order valence-electron chi connectivity index (χ2n) is 7.78. The number of likely N-dealkylation sites (tertiary alicyclic amines) is 1. The number of hydrogen-bond donors (Lipinski definition) is 2. The van der Waals surface area contributed by atoms with Crippen LogP contribution in [0.1, 0.15) is 35.8 Å². The standard InChI is InChI=1S/C22H25N5O5/c1-14-6-3-10-19(23-14)25-21(29)17-8-5-11-26(13-17)22(30)15(2)24-20(28)16-7-4-9-18(12-16)27(31)32/h3-4,6-7,9-10,12,15,17H,5,8,11,13H2,1-2H3,(H,24,28)(H,23,25,29). The molecule has 2 heterocycles. The summed E-state index contributed by atoms with van der Waals surface area (Å²) in [5, 5.41) is 16.3. The van der Waals surface area contributed by atoms with Crippen molar-refractivity contribution in [1.29, 1.82) is 0 Å². The third kappa shape index (κ3) is 5.65. The number of piperidine rings is 1. The number of anilines is 1. The number of non-ortho nitro benzene ring substituents is 1. The lowest BCUT2D eigenvalue weighted by Gasteiger charge is -2.33. The average molecular weight is 439 g/mol. The quantitative estimate of drug-likeness (QED) is 0.524. The van der Waals surface area contributed by atoms with Crippen molar-refractivity contribution >= 4 is 29.2 Å². The molecule has 0 spiro atoms. The van der Waals surface area contributed by atoms with Crippen LogP contribution in [0, 0.1) is 23.0 Å². The van der Waals surface area contributed by atoms with Crippen molar-refractivity contribution in [2.45, 2.75) is 32.7 Å². The summed E-state index contributed by atoms with van der Waals surface area (Å²) in [6.45, 7) is 4.12. The van der Waals surface area contributed by atoms with Gasteiger partial charge in [-0.3, -0.25) is 24.5 Å². The Morgan fingerprint density at radius 1 is 1.22 bits per heavy atom. The van der Waals surface area contributed by atoms with Gasteiger partial charge in [0.15, 0.2) is 0 Å². The molecule has 3 amide bonds. The van der Waals surface area contributed by atoms with Crippen molar-refractivity contribution in [2.75, 3.05) is 18.4 Å². The monoisotopic (exact) mass is 439 g/mol. The molecule has 2 aromatic rings. The lowest BCUT2D eigenvalue weighted by atomic mass is 9.96. The number of amides is 3. The summed E-state index contributed by atoms with van der Waals surface area (Å²) >= 11 is 0. The van der Waals surface area contributed by atoms with Gasteiger partial charge in [-0.15, -0.1) is 0 Å². The first kappa shape index (κ1) is 22.9. The summed E-state index contributed by atoms with van der Waals surface area (Å²) in [6.07, 6.45) is 1.31. The molecule has 2 N–H and O–H groups in total. The lowest BCUT2D eigenvalue weighted by Crippen LogP contribution is -2.51. The van der Waals surface area contributed by atoms with E-state index < -0.39 is 16.9 Å². The van der Waals surface area contributed by atoms with Crippen molar-refractivity contribution < 1.29 is 19.3 Å². The molecule has 0 aliphatic carbocycles. The van der Waals surface area contributed by atoms with Crippen molar-refractivity contribution in [3.63, 3.8) is 0 Å². The summed E-state index contributed by atoms with van der Waals surface area (Å²) in [4.78, 5) is 54.1. The molecule has 1 aliphatic heterocycles. The largest absolute Gasteiger partial charge is 0.341 e. The van der Waals surface area contributed by atoms with Crippen LogP contribution < -0.4 is 10.6 Å². The van der Waals surface area contributed by atoms with Crippen LogP contribution in [0.4, 0.5) is 11.5 Å². The number of pyridine rings is 1. The van der Waals surface area contributed by atoms with Gasteiger partial charge in [0.2, 0.25) is 11.8 Å². The third-order valence-corrected chi connectivity index (χ3v) is 5.28. The minimum atomic E-state index is -0.845. The predicted octanol–water partition coefficient (Wildman–Crippen LogP) is 2.29. The molecule has 1 aromatic heterocycles. The van der Waals surface area contributed by atoms with Crippen molar-refractivity contribution in [1.82, 2.24) is 15.2 Å². The smallest absolute Gasteiger partial charge is 0.270 e. The normalized spacial score (nSPS) is 16.7. The van der Waals surface area contributed by atoms with Crippen molar-refractivity contribution in [2.24, 2.45) is 5.92 Å². The fourth-order valence-corrected chi connectivity index (χ4v) is 3.61. The van der Waals surface area contributed by atoms with E-state index >= 15 is 0 Å². The van der Waals surface area contributed by atoms with Crippen molar-refractivity contribution in [3.8, 4) is 0 Å². The summed E-state index contributed by atoms with van der Waals surface area (Å²) in [7, 11) is 0. The zero-order valence-electron chi connectivity index (χ0n) is 17.9. The number of benzene rings is 1. The molecule has 0 radical (unpaired) electrons. The van der Waals surface area contributed by atoms with Crippen LogP contribution in [-0.2, 0) is 9.59 Å². The van der Waals surface area contributed by atoms with E-state index in [1.165, 1.54) is 18.2 Å². The molecule has 0 bridgehead atoms. The molecular formula is C22H25N5O5. The molecule has 2 atom stereocenters. The van der Waals surface area contributed by atoms with E-state index in [2.05, 4.69) is 15.6 Å². The Balaban J connectivity index is 1.59. The van der Waals surface area contributed by atoms with Gasteiger partial charge in [-0.05, 0) is 44.9 Å². The van der Waals surface area contributed by atoms with Crippen LogP contribution in [-0.4, -0.2) is 51.7 Å². The minimum Gasteiger partial charge on any atom is -0.341 e. The van der Waals surface area contributed by atoms with E-state index in [4.69, 9.17) is 0 Å². The maximum absolute atomic E-state index is 12.9. The Morgan fingerprint density at radius 3 is 2.69 bits per heavy atom. The van der Waals surface area contributed by atoms with Gasteiger partial charge in [0.1, 0.15) is 11.9 Å². The van der Waals surface area contributed by atoms with Crippen LogP contribution in [0.2, 0.25) is 0 Å². The molecule has 1 saturated heterocycles. The van der Waals surface area contributed by atoms with Crippen LogP contribution in [0.3, 0.4) is 0 Å². The van der Waals surface area contributed by atoms with E-state index in [1.807, 2.05) is 13.0 Å². The number of carbonyl (C=O) groups is 3. The van der Waals surface area contributed by atoms with Crippen LogP contribution in [0.25, 0.3) is 0 Å². The molecule has 1 fully saturated rings. The Hall–Kier alpha value is -3.82. The number of hydrogen-bond acceptors (Lipinski definition) is 6. The highest BCUT2D eigenvalue weighted by Crippen LogP contribution is 2.19. The van der Waals surface area contributed by atoms with E-state index in [-0.39, 0.29) is 35.5 Å². The fourth-order valence-electron chi connectivity index (χ4n) is 3.61. The zero-order chi connectivity index (χ0) is 23.3. The van der Waals surface area contributed by atoms with Gasteiger partial charge in [-0.2, -0.15) is 0 Å². The molecular weight excluding hydrogens is 414 g/mol. The van der Waals surface area contributed by atoms with E-state index in [1.54, 1.807) is 24.0 Å². The Morgan fingerprint density at radius 2 is 1.97 bits per heavy atom. The van der Waals surface area contributed by atoms with Gasteiger partial charge in [0.05, 0.1) is 10.8 Å². The maximum atomic E-state index is 12.9. The van der Waals surface area contributed by atoms with Crippen molar-refractivity contribution in [3.05, 3.63) is 63.8 Å². The molecule has 32 heavy (non-hydrogen) atoms. The summed E-state index contributed by atoms with van der Waals surface area (Å²) in [6, 6.07) is 9.81. The zero-order valence-corrected chi connectivity index (χ0v) is 17.9. The first-order chi connectivity index (χ1) is 15.2. The Kier molecular flexibility index (Phi) is 7.14. The van der Waals surface area contributed by atoms with Gasteiger partial charge in [-0.25, -0.2) is 4.98 Å². The van der Waals surface area contributed by atoms with E-state index in [9.17, 15) is 24.5 Å². The van der Waals surface area contributed by atoms with E-state index in [0.717, 1.165) is 11.8 Å². The number of nitro benzene ring substituents is 1. The van der Waals surface area contributed by atoms with Crippen LogP contribution in [0.15, 0.2) is 42.5 Å². The number of nitrogens with zero attached hydrogens (tertiary/aromatic N) is 3. The molecule has 168 valence electrons. The summed E-state index contributed by atoms with van der Waals surface area (Å²) in [5.74, 6) is -0.999. The third-order valence-electron chi connectivity index (χ3n) is 5.28. The first-order valence-electron chi connectivity index (χ1n) is 10.3. The Labute approximate surface area is 185 Å². The average Bonchev–Trinajstić information content (AvgIpc) is 2.78. The topological polar surface area (TPSA) is 135 Å². The van der Waals surface area contributed by atoms with E-state index in [0.29, 0.717) is 25.2 Å². The lowest BCUT2D eigenvalue weighted by molar-refractivity contribution is -0.384. The highest BCUT2D eigenvalue weighted by Gasteiger charge is 2.31. The molecule has 2 unspecified atom stereocenters. The van der Waals surface area contributed by atoms with Gasteiger partial charge in [0, 0.05) is 36.5 Å². The SMILES string of the molecule is Cc1cccc(NC(=O)C2CCCN(C(=O)C(C)NC(=O)c3cccc([N+](=O)[O-])c3)C2)n1. The second-order valence-corrected chi connectivity index (χ2v) is 7.78. The van der Waals surface area contributed by atoms with Gasteiger partial charge < -0.3 is 15.5 Å². The van der Waals surface area contributed by atoms with Gasteiger partial charge in [0.25, 0.3) is 11.6 Å². The van der Waals surface area contributed by atoms with Gasteiger partial charge >= 0.3 is 0 Å². The molecule has 1 aromatic carbocycles. The number of nitrogens with one attached hydrogen (secondary N) is 2. The first-order valence-corrected chi connectivity index (χ1v) is 10.3. The maximum Gasteiger partial charge on any atom is 0.270 e. The number of carbonyl (C=O) groups excluding carboxylic acids is 3. The molecule has 10 heteroatoms. The predicted molar refractivity (Wildman–Crippen MR) is 117 cm³/mol. The van der Waals surface area contributed by atoms with Gasteiger partial charge in [-0.1, -0.05) is 12.1 Å². The van der Waals surface area contributed by atoms with Crippen LogP contribution >= 0.6 is 0 Å². The number of aryl methyl sites for hydroxylation is 1. The Bertz CT molecular complexity index is 1040. The highest BCUT2D eigenvalue weighted by atomic mass is 16.6. The number of nitro groups is 1. The fraction of sp³-hybridized carbons (Fsp3) is 0.364.